The highest BCUT2D eigenvalue weighted by atomic mass is 35.5. The lowest BCUT2D eigenvalue weighted by molar-refractivity contribution is 0.213. The van der Waals surface area contributed by atoms with Crippen LogP contribution < -0.4 is 10.6 Å². The van der Waals surface area contributed by atoms with Crippen LogP contribution in [0.25, 0.3) is 0 Å². The molecule has 1 aliphatic rings. The molecule has 0 saturated heterocycles. The zero-order valence-corrected chi connectivity index (χ0v) is 11.9. The fourth-order valence-corrected chi connectivity index (χ4v) is 2.37. The number of halogens is 1. The highest BCUT2D eigenvalue weighted by Gasteiger charge is 2.17. The van der Waals surface area contributed by atoms with Crippen LogP contribution in [0.2, 0.25) is 5.02 Å². The predicted octanol–water partition coefficient (Wildman–Crippen LogP) is 2.78. The average molecular weight is 295 g/mol. The number of amides is 2. The minimum absolute atomic E-state index is 0.153. The minimum atomic E-state index is -0.425. The number of urea groups is 1. The maximum atomic E-state index is 11.9. The van der Waals surface area contributed by atoms with Gasteiger partial charge < -0.3 is 15.7 Å². The van der Waals surface area contributed by atoms with E-state index in [1.165, 1.54) is 0 Å². The monoisotopic (exact) mass is 294 g/mol. The van der Waals surface area contributed by atoms with Gasteiger partial charge in [0.1, 0.15) is 0 Å². The number of nitrogens with one attached hydrogen (secondary N) is 2. The Bertz CT molecular complexity index is 473. The summed E-state index contributed by atoms with van der Waals surface area (Å²) in [6.07, 6.45) is 7.01. The number of carbonyl (C=O) groups is 1. The summed E-state index contributed by atoms with van der Waals surface area (Å²) in [7, 11) is 0. The lowest BCUT2D eigenvalue weighted by Gasteiger charge is -2.22. The molecule has 0 spiro atoms. The van der Waals surface area contributed by atoms with Crippen molar-refractivity contribution in [2.75, 3.05) is 6.61 Å². The maximum absolute atomic E-state index is 11.9. The molecule has 0 bridgehead atoms. The molecule has 0 aliphatic heterocycles. The lowest BCUT2D eigenvalue weighted by atomic mass is 10.0. The van der Waals surface area contributed by atoms with E-state index in [2.05, 4.69) is 22.8 Å². The molecule has 3 N–H and O–H groups in total. The van der Waals surface area contributed by atoms with Crippen molar-refractivity contribution in [2.45, 2.75) is 31.3 Å². The fourth-order valence-electron chi connectivity index (χ4n) is 2.24. The molecule has 4 nitrogen and oxygen atoms in total. The Balaban J connectivity index is 1.90. The first kappa shape index (κ1) is 14.9. The van der Waals surface area contributed by atoms with E-state index in [4.69, 9.17) is 11.6 Å². The van der Waals surface area contributed by atoms with Crippen molar-refractivity contribution in [3.63, 3.8) is 0 Å². The van der Waals surface area contributed by atoms with Crippen molar-refractivity contribution in [1.29, 1.82) is 0 Å². The summed E-state index contributed by atoms with van der Waals surface area (Å²) in [4.78, 5) is 11.9. The van der Waals surface area contributed by atoms with Gasteiger partial charge in [0.2, 0.25) is 0 Å². The summed E-state index contributed by atoms with van der Waals surface area (Å²) in [5.74, 6) is 0. The van der Waals surface area contributed by atoms with E-state index < -0.39 is 6.04 Å². The van der Waals surface area contributed by atoms with E-state index in [0.717, 1.165) is 24.8 Å². The molecule has 1 aliphatic carbocycles. The smallest absolute Gasteiger partial charge is 0.315 e. The molecule has 2 amide bonds. The third-order valence-electron chi connectivity index (χ3n) is 3.36. The van der Waals surface area contributed by atoms with Gasteiger partial charge in [0.25, 0.3) is 0 Å². The Morgan fingerprint density at radius 3 is 2.70 bits per heavy atom. The highest BCUT2D eigenvalue weighted by Crippen LogP contribution is 2.16. The summed E-state index contributed by atoms with van der Waals surface area (Å²) in [5.41, 5.74) is 0.829. The number of rotatable bonds is 4. The molecular weight excluding hydrogens is 276 g/mol. The van der Waals surface area contributed by atoms with E-state index in [9.17, 15) is 9.90 Å². The van der Waals surface area contributed by atoms with E-state index in [-0.39, 0.29) is 18.7 Å². The zero-order chi connectivity index (χ0) is 14.4. The molecule has 0 fully saturated rings. The van der Waals surface area contributed by atoms with Crippen LogP contribution in [0.5, 0.6) is 0 Å². The van der Waals surface area contributed by atoms with Crippen molar-refractivity contribution in [3.8, 4) is 0 Å². The molecule has 2 atom stereocenters. The molecular formula is C15H19ClN2O2. The molecule has 5 heteroatoms. The number of benzene rings is 1. The molecule has 20 heavy (non-hydrogen) atoms. The fraction of sp³-hybridized carbons (Fsp3) is 0.400. The van der Waals surface area contributed by atoms with Gasteiger partial charge in [0, 0.05) is 11.1 Å². The van der Waals surface area contributed by atoms with Crippen LogP contribution >= 0.6 is 11.6 Å². The largest absolute Gasteiger partial charge is 0.394 e. The maximum Gasteiger partial charge on any atom is 0.315 e. The van der Waals surface area contributed by atoms with Crippen LogP contribution in [0, 0.1) is 0 Å². The van der Waals surface area contributed by atoms with E-state index in [0.29, 0.717) is 5.02 Å². The SMILES string of the molecule is O=C(NC1CC=CCC1)NC(CO)c1ccc(Cl)cc1. The van der Waals surface area contributed by atoms with Gasteiger partial charge in [-0.15, -0.1) is 0 Å². The molecule has 2 rings (SSSR count). The second kappa shape index (κ2) is 7.31. The highest BCUT2D eigenvalue weighted by molar-refractivity contribution is 6.30. The van der Waals surface area contributed by atoms with Gasteiger partial charge in [-0.2, -0.15) is 0 Å². The van der Waals surface area contributed by atoms with Crippen LogP contribution in [-0.2, 0) is 0 Å². The number of carbonyl (C=O) groups excluding carboxylic acids is 1. The number of allylic oxidation sites excluding steroid dienone is 1. The van der Waals surface area contributed by atoms with Gasteiger partial charge in [0.15, 0.2) is 0 Å². The van der Waals surface area contributed by atoms with E-state index in [1.54, 1.807) is 24.3 Å². The first-order chi connectivity index (χ1) is 9.69. The molecule has 0 radical (unpaired) electrons. The summed E-state index contributed by atoms with van der Waals surface area (Å²) >= 11 is 5.83. The summed E-state index contributed by atoms with van der Waals surface area (Å²) in [6, 6.07) is 6.57. The Morgan fingerprint density at radius 2 is 2.10 bits per heavy atom. The Labute approximate surface area is 123 Å². The van der Waals surface area contributed by atoms with Crippen LogP contribution in [0.3, 0.4) is 0 Å². The summed E-state index contributed by atoms with van der Waals surface area (Å²) < 4.78 is 0. The van der Waals surface area contributed by atoms with Crippen LogP contribution in [0.15, 0.2) is 36.4 Å². The van der Waals surface area contributed by atoms with Crippen molar-refractivity contribution in [3.05, 3.63) is 47.0 Å². The second-order valence-electron chi connectivity index (χ2n) is 4.89. The van der Waals surface area contributed by atoms with Crippen LogP contribution in [0.4, 0.5) is 4.79 Å². The normalized spacial score (nSPS) is 19.4. The number of aliphatic hydroxyl groups is 1. The number of aliphatic hydroxyl groups excluding tert-OH is 1. The van der Waals surface area contributed by atoms with Crippen LogP contribution in [-0.4, -0.2) is 23.8 Å². The van der Waals surface area contributed by atoms with E-state index in [1.807, 2.05) is 0 Å². The predicted molar refractivity (Wildman–Crippen MR) is 79.7 cm³/mol. The Morgan fingerprint density at radius 1 is 1.35 bits per heavy atom. The molecule has 0 saturated carbocycles. The standard InChI is InChI=1S/C15H19ClN2O2/c16-12-8-6-11(7-9-12)14(10-19)18-15(20)17-13-4-2-1-3-5-13/h1-2,6-9,13-14,19H,3-5,10H2,(H2,17,18,20). The van der Waals surface area contributed by atoms with E-state index >= 15 is 0 Å². The Hall–Kier alpha value is -1.52. The number of hydrogen-bond donors (Lipinski definition) is 3. The van der Waals surface area contributed by atoms with Gasteiger partial charge in [-0.25, -0.2) is 4.79 Å². The lowest BCUT2D eigenvalue weighted by Crippen LogP contribution is -2.44. The van der Waals surface area contributed by atoms with Crippen molar-refractivity contribution in [2.24, 2.45) is 0 Å². The molecule has 0 heterocycles. The topological polar surface area (TPSA) is 61.4 Å². The van der Waals surface area contributed by atoms with Gasteiger partial charge in [-0.1, -0.05) is 35.9 Å². The summed E-state index contributed by atoms with van der Waals surface area (Å²) in [5, 5.41) is 15.8. The van der Waals surface area contributed by atoms with Gasteiger partial charge in [0.05, 0.1) is 12.6 Å². The van der Waals surface area contributed by atoms with Crippen LogP contribution in [0.1, 0.15) is 30.9 Å². The van der Waals surface area contributed by atoms with Crippen molar-refractivity contribution < 1.29 is 9.90 Å². The molecule has 1 aromatic rings. The average Bonchev–Trinajstić information content (AvgIpc) is 2.47. The quantitative estimate of drug-likeness (QED) is 0.748. The van der Waals surface area contributed by atoms with Gasteiger partial charge in [-0.3, -0.25) is 0 Å². The zero-order valence-electron chi connectivity index (χ0n) is 11.2. The molecule has 108 valence electrons. The van der Waals surface area contributed by atoms with Crippen molar-refractivity contribution in [1.82, 2.24) is 10.6 Å². The first-order valence-corrected chi connectivity index (χ1v) is 7.15. The van der Waals surface area contributed by atoms with Crippen molar-refractivity contribution >= 4 is 17.6 Å². The molecule has 1 aromatic carbocycles. The second-order valence-corrected chi connectivity index (χ2v) is 5.32. The Kier molecular flexibility index (Phi) is 5.44. The third kappa shape index (κ3) is 4.25. The minimum Gasteiger partial charge on any atom is -0.394 e. The first-order valence-electron chi connectivity index (χ1n) is 6.77. The third-order valence-corrected chi connectivity index (χ3v) is 3.62. The summed E-state index contributed by atoms with van der Waals surface area (Å²) in [6.45, 7) is -0.153. The number of hydrogen-bond acceptors (Lipinski definition) is 2. The molecule has 0 aromatic heterocycles. The molecule has 2 unspecified atom stereocenters. The van der Waals surface area contributed by atoms with Gasteiger partial charge in [-0.05, 0) is 37.0 Å². The van der Waals surface area contributed by atoms with Gasteiger partial charge >= 0.3 is 6.03 Å².